The fourth-order valence-electron chi connectivity index (χ4n) is 10.6. The van der Waals surface area contributed by atoms with E-state index in [1.54, 1.807) is 4.90 Å². The number of likely N-dealkylation sites (tertiary alicyclic amines) is 1. The first-order chi connectivity index (χ1) is 28.3. The molecular weight excluding hydrogens is 810 g/mol. The van der Waals surface area contributed by atoms with Gasteiger partial charge < -0.3 is 20.3 Å². The predicted octanol–water partition coefficient (Wildman–Crippen LogP) is 7.32. The third kappa shape index (κ3) is 6.29. The van der Waals surface area contributed by atoms with E-state index in [0.29, 0.717) is 32.5 Å². The molecule has 0 aliphatic carbocycles. The number of fused-ring (bicyclic) bond motifs is 3. The molecular formula is C40H38ClF4N11O2S. The molecule has 9 rings (SSSR count). The van der Waals surface area contributed by atoms with Gasteiger partial charge in [-0.15, -0.1) is 16.4 Å². The lowest BCUT2D eigenvalue weighted by Crippen LogP contribution is -2.74. The molecule has 1 spiro atoms. The van der Waals surface area contributed by atoms with E-state index in [4.69, 9.17) is 27.1 Å². The van der Waals surface area contributed by atoms with Crippen molar-refractivity contribution in [2.75, 3.05) is 50.0 Å². The highest BCUT2D eigenvalue weighted by Gasteiger charge is 2.59. The van der Waals surface area contributed by atoms with Crippen LogP contribution >= 0.6 is 22.9 Å². The van der Waals surface area contributed by atoms with Crippen LogP contribution in [0.15, 0.2) is 24.5 Å². The highest BCUT2D eigenvalue weighted by atomic mass is 35.5. The lowest BCUT2D eigenvalue weighted by molar-refractivity contribution is -0.0841. The molecule has 4 saturated heterocycles. The molecule has 59 heavy (non-hydrogen) atoms. The number of carbonyl (C=O) groups excluding carboxylic acids is 1. The Bertz CT molecular complexity index is 2630. The maximum Gasteiger partial charge on any atom is 0.346 e. The summed E-state index contributed by atoms with van der Waals surface area (Å²) >= 11 is 7.87. The lowest BCUT2D eigenvalue weighted by Gasteiger charge is -2.63. The number of nitriles is 2. The largest absolute Gasteiger partial charge is 0.461 e. The van der Waals surface area contributed by atoms with Gasteiger partial charge in [-0.05, 0) is 55.3 Å². The van der Waals surface area contributed by atoms with Gasteiger partial charge in [0.2, 0.25) is 0 Å². The third-order valence-electron chi connectivity index (χ3n) is 12.6. The second-order valence-electron chi connectivity index (χ2n) is 16.6. The minimum atomic E-state index is -1.03. The van der Waals surface area contributed by atoms with Gasteiger partial charge in [-0.25, -0.2) is 18.0 Å². The van der Waals surface area contributed by atoms with Gasteiger partial charge in [0.1, 0.15) is 47.3 Å². The number of benzene rings is 2. The highest BCUT2D eigenvalue weighted by molar-refractivity contribution is 7.23. The summed E-state index contributed by atoms with van der Waals surface area (Å²) in [4.78, 5) is 32.3. The quantitative estimate of drug-likeness (QED) is 0.163. The maximum absolute atomic E-state index is 17.5. The van der Waals surface area contributed by atoms with E-state index >= 15 is 8.78 Å². The summed E-state index contributed by atoms with van der Waals surface area (Å²) in [7, 11) is 0. The fourth-order valence-corrected chi connectivity index (χ4v) is 11.8. The number of carbonyl (C=O) groups is 1. The number of thiophene rings is 1. The van der Waals surface area contributed by atoms with Crippen LogP contribution in [-0.2, 0) is 0 Å². The van der Waals surface area contributed by atoms with Crippen molar-refractivity contribution in [1.29, 1.82) is 10.5 Å². The Morgan fingerprint density at radius 2 is 1.98 bits per heavy atom. The molecule has 1 amide bonds. The summed E-state index contributed by atoms with van der Waals surface area (Å²) in [6.07, 6.45) is 1.64. The second-order valence-corrected chi connectivity index (χ2v) is 18.1. The first-order valence-electron chi connectivity index (χ1n) is 19.4. The fraction of sp³-hybridized carbons (Fsp3) is 0.475. The van der Waals surface area contributed by atoms with E-state index in [9.17, 15) is 24.1 Å². The van der Waals surface area contributed by atoms with E-state index in [0.717, 1.165) is 35.3 Å². The Morgan fingerprint density at radius 3 is 2.71 bits per heavy atom. The SMILES string of the molecule is CC(C)[C@H]1N(C(=O)n2cnc(F)n2)C[C@]12CC(CC#N)CN(c1nc(OC[C@@]34CCCN3C[C@H](F)C4)nc3c(F)c(-c4ccc(F)c5sc(N)c(C#N)c45)c(Cl)cc13)C2. The van der Waals surface area contributed by atoms with Crippen LogP contribution in [0.2, 0.25) is 5.02 Å². The molecule has 0 saturated carbocycles. The number of piperidine rings is 1. The van der Waals surface area contributed by atoms with Crippen LogP contribution in [-0.4, -0.2) is 97.6 Å². The Balaban J connectivity index is 1.18. The number of aromatic nitrogens is 5. The van der Waals surface area contributed by atoms with Crippen LogP contribution in [0, 0.1) is 57.6 Å². The Labute approximate surface area is 344 Å². The minimum absolute atomic E-state index is 0.00518. The molecule has 3 aromatic heterocycles. The summed E-state index contributed by atoms with van der Waals surface area (Å²) < 4.78 is 68.4. The summed E-state index contributed by atoms with van der Waals surface area (Å²) in [5.74, 6) is -1.48. The van der Waals surface area contributed by atoms with Gasteiger partial charge in [-0.1, -0.05) is 31.5 Å². The Kier molecular flexibility index (Phi) is 9.60. The molecule has 7 heterocycles. The molecule has 306 valence electrons. The van der Waals surface area contributed by atoms with E-state index in [-0.39, 0.29) is 103 Å². The van der Waals surface area contributed by atoms with Gasteiger partial charge in [-0.3, -0.25) is 4.90 Å². The first-order valence-corrected chi connectivity index (χ1v) is 20.6. The number of nitrogens with two attached hydrogens (primary N) is 1. The molecule has 2 aromatic carbocycles. The molecule has 2 N–H and O–H groups in total. The summed E-state index contributed by atoms with van der Waals surface area (Å²) in [6.45, 7) is 5.99. The van der Waals surface area contributed by atoms with Gasteiger partial charge in [0.05, 0.1) is 26.9 Å². The number of ether oxygens (including phenoxy) is 1. The lowest BCUT2D eigenvalue weighted by atomic mass is 9.60. The van der Waals surface area contributed by atoms with Crippen LogP contribution < -0.4 is 15.4 Å². The molecule has 1 unspecified atom stereocenters. The van der Waals surface area contributed by atoms with Crippen molar-refractivity contribution >= 4 is 60.8 Å². The Hall–Kier alpha value is -5.30. The normalized spacial score (nSPS) is 25.5. The van der Waals surface area contributed by atoms with Crippen LogP contribution in [0.1, 0.15) is 51.5 Å². The average Bonchev–Trinajstić information content (AvgIpc) is 3.95. The molecule has 4 fully saturated rings. The summed E-state index contributed by atoms with van der Waals surface area (Å²) in [5.41, 5.74) is 4.84. The smallest absolute Gasteiger partial charge is 0.346 e. The number of nitrogen functional groups attached to an aromatic ring is 1. The van der Waals surface area contributed by atoms with Crippen LogP contribution in [0.25, 0.3) is 32.1 Å². The second kappa shape index (κ2) is 14.5. The van der Waals surface area contributed by atoms with Crippen molar-refractivity contribution in [3.63, 3.8) is 0 Å². The van der Waals surface area contributed by atoms with Gasteiger partial charge >= 0.3 is 18.1 Å². The van der Waals surface area contributed by atoms with Gasteiger partial charge in [0, 0.05) is 66.8 Å². The van der Waals surface area contributed by atoms with Crippen LogP contribution in [0.4, 0.5) is 33.2 Å². The number of hydrogen-bond donors (Lipinski definition) is 1. The van der Waals surface area contributed by atoms with Crippen molar-refractivity contribution in [2.24, 2.45) is 17.3 Å². The van der Waals surface area contributed by atoms with E-state index in [2.05, 4.69) is 26.0 Å². The van der Waals surface area contributed by atoms with Gasteiger partial charge in [-0.2, -0.15) is 34.5 Å². The van der Waals surface area contributed by atoms with E-state index < -0.39 is 40.9 Å². The monoisotopic (exact) mass is 847 g/mol. The van der Waals surface area contributed by atoms with Gasteiger partial charge in [0.25, 0.3) is 0 Å². The number of halogens is 5. The zero-order valence-corrected chi connectivity index (χ0v) is 33.6. The van der Waals surface area contributed by atoms with E-state index in [1.165, 1.54) is 18.2 Å². The molecule has 0 bridgehead atoms. The number of alkyl halides is 1. The molecule has 13 nitrogen and oxygen atoms in total. The third-order valence-corrected chi connectivity index (χ3v) is 13.9. The highest BCUT2D eigenvalue weighted by Crippen LogP contribution is 2.52. The zero-order chi connectivity index (χ0) is 41.5. The number of hydrogen-bond acceptors (Lipinski definition) is 12. The number of nitrogens with zero attached hydrogens (tertiary/aromatic N) is 10. The summed E-state index contributed by atoms with van der Waals surface area (Å²) in [6, 6.07) is 7.32. The molecule has 4 aliphatic rings. The van der Waals surface area contributed by atoms with Crippen molar-refractivity contribution in [3.05, 3.63) is 52.8 Å². The van der Waals surface area contributed by atoms with Crippen LogP contribution in [0.3, 0.4) is 0 Å². The molecule has 5 aromatic rings. The zero-order valence-electron chi connectivity index (χ0n) is 32.1. The number of amides is 1. The van der Waals surface area contributed by atoms with Crippen molar-refractivity contribution < 1.29 is 27.1 Å². The van der Waals surface area contributed by atoms with Crippen molar-refractivity contribution in [2.45, 2.75) is 63.7 Å². The van der Waals surface area contributed by atoms with Gasteiger partial charge in [0.15, 0.2) is 5.82 Å². The Morgan fingerprint density at radius 1 is 1.17 bits per heavy atom. The molecule has 4 aliphatic heterocycles. The van der Waals surface area contributed by atoms with Crippen molar-refractivity contribution in [1.82, 2.24) is 34.5 Å². The minimum Gasteiger partial charge on any atom is -0.461 e. The average molecular weight is 848 g/mol. The molecule has 5 atom stereocenters. The van der Waals surface area contributed by atoms with E-state index in [1.807, 2.05) is 24.8 Å². The molecule has 19 heteroatoms. The maximum atomic E-state index is 17.5. The standard InChI is InChI=1S/C40H38ClF4N11O2S/c1-20(2)33-39(17-55(33)38(57)56-19-49-36(45)52-56)11-21(6-8-46)14-53(16-39)35-24-10-26(41)29(23-4-5-27(43)32-28(23)25(13-47)34(48)59-32)30(44)31(24)50-37(51-35)58-18-40-7-3-9-54(40)15-22(42)12-40/h4-5,10,19-22,33H,3,6-7,9,11-12,14-18,48H2,1-2H3/t21?,22-,33-,39-,40+/m1/s1. The number of rotatable bonds is 7. The topological polar surface area (TPSA) is 166 Å². The predicted molar refractivity (Wildman–Crippen MR) is 212 cm³/mol. The summed E-state index contributed by atoms with van der Waals surface area (Å²) in [5, 5.41) is 23.9. The number of anilines is 2. The first kappa shape index (κ1) is 39.2. The van der Waals surface area contributed by atoms with Crippen molar-refractivity contribution in [3.8, 4) is 29.3 Å². The molecule has 0 radical (unpaired) electrons. The van der Waals surface area contributed by atoms with Crippen LogP contribution in [0.5, 0.6) is 6.01 Å².